The SMILES string of the molecule is C=CC(=O)OCCCCCCCCCCCCCCCCOC1(C(=O)O)C=CC(c2ccccc2)=CC1. The molecule has 5 heteroatoms. The van der Waals surface area contributed by atoms with E-state index in [-0.39, 0.29) is 5.97 Å². The van der Waals surface area contributed by atoms with Gasteiger partial charge in [0, 0.05) is 19.1 Å². The fourth-order valence-corrected chi connectivity index (χ4v) is 4.61. The van der Waals surface area contributed by atoms with Gasteiger partial charge in [0.2, 0.25) is 0 Å². The van der Waals surface area contributed by atoms with Crippen molar-refractivity contribution >= 4 is 17.5 Å². The predicted octanol–water partition coefficient (Wildman–Crippen LogP) is 8.06. The molecule has 1 aliphatic rings. The lowest BCUT2D eigenvalue weighted by Crippen LogP contribution is -2.40. The van der Waals surface area contributed by atoms with Crippen molar-refractivity contribution in [2.24, 2.45) is 0 Å². The van der Waals surface area contributed by atoms with Gasteiger partial charge in [0.15, 0.2) is 5.60 Å². The number of hydrogen-bond donors (Lipinski definition) is 1. The molecule has 2 rings (SSSR count). The molecule has 0 saturated carbocycles. The van der Waals surface area contributed by atoms with E-state index in [1.807, 2.05) is 42.5 Å². The van der Waals surface area contributed by atoms with Gasteiger partial charge in [-0.3, -0.25) is 0 Å². The first-order valence-electron chi connectivity index (χ1n) is 14.2. The molecule has 0 heterocycles. The molecule has 1 unspecified atom stereocenters. The molecular formula is C32H46O5. The van der Waals surface area contributed by atoms with Gasteiger partial charge in [-0.05, 0) is 30.1 Å². The first kappa shape index (κ1) is 30.6. The minimum absolute atomic E-state index is 0.328. The number of carbonyl (C=O) groups is 2. The van der Waals surface area contributed by atoms with E-state index in [1.54, 1.807) is 6.08 Å². The second-order valence-electron chi connectivity index (χ2n) is 9.93. The minimum atomic E-state index is -1.24. The number of carboxylic acids is 1. The Labute approximate surface area is 223 Å². The molecule has 1 aliphatic carbocycles. The number of allylic oxidation sites excluding steroid dienone is 2. The van der Waals surface area contributed by atoms with E-state index in [0.717, 1.165) is 36.8 Å². The molecule has 1 aromatic rings. The second kappa shape index (κ2) is 18.6. The van der Waals surface area contributed by atoms with Crippen LogP contribution in [0.1, 0.15) is 102 Å². The highest BCUT2D eigenvalue weighted by Crippen LogP contribution is 2.30. The smallest absolute Gasteiger partial charge is 0.340 e. The summed E-state index contributed by atoms with van der Waals surface area (Å²) in [6.07, 6.45) is 23.9. The topological polar surface area (TPSA) is 72.8 Å². The van der Waals surface area contributed by atoms with E-state index in [1.165, 1.54) is 70.3 Å². The quantitative estimate of drug-likeness (QED) is 0.103. The molecule has 5 nitrogen and oxygen atoms in total. The van der Waals surface area contributed by atoms with Gasteiger partial charge in [0.25, 0.3) is 0 Å². The summed E-state index contributed by atoms with van der Waals surface area (Å²) in [5.74, 6) is -1.25. The van der Waals surface area contributed by atoms with Crippen LogP contribution in [0.4, 0.5) is 0 Å². The fraction of sp³-hybridized carbons (Fsp3) is 0.562. The summed E-state index contributed by atoms with van der Waals surface area (Å²) in [5.41, 5.74) is 0.898. The maximum atomic E-state index is 11.9. The van der Waals surface area contributed by atoms with Crippen molar-refractivity contribution in [3.05, 3.63) is 66.8 Å². The monoisotopic (exact) mass is 510 g/mol. The van der Waals surface area contributed by atoms with Crippen molar-refractivity contribution in [1.82, 2.24) is 0 Å². The van der Waals surface area contributed by atoms with Crippen LogP contribution in [0.25, 0.3) is 5.57 Å². The molecule has 1 atom stereocenters. The Morgan fingerprint density at radius 3 is 1.78 bits per heavy atom. The number of hydrogen-bond acceptors (Lipinski definition) is 4. The highest BCUT2D eigenvalue weighted by molar-refractivity contribution is 5.85. The molecule has 1 aromatic carbocycles. The molecular weight excluding hydrogens is 464 g/mol. The highest BCUT2D eigenvalue weighted by atomic mass is 16.5. The van der Waals surface area contributed by atoms with E-state index >= 15 is 0 Å². The lowest BCUT2D eigenvalue weighted by molar-refractivity contribution is -0.159. The summed E-state index contributed by atoms with van der Waals surface area (Å²) in [7, 11) is 0. The summed E-state index contributed by atoms with van der Waals surface area (Å²) >= 11 is 0. The number of carboxylic acid groups (broad SMARTS) is 1. The van der Waals surface area contributed by atoms with Gasteiger partial charge in [0.1, 0.15) is 0 Å². The zero-order valence-corrected chi connectivity index (χ0v) is 22.5. The molecule has 1 N–H and O–H groups in total. The Morgan fingerprint density at radius 1 is 0.811 bits per heavy atom. The van der Waals surface area contributed by atoms with Crippen LogP contribution >= 0.6 is 0 Å². The Kier molecular flexibility index (Phi) is 15.3. The van der Waals surface area contributed by atoms with Crippen LogP contribution in [0.5, 0.6) is 0 Å². The Balaban J connectivity index is 1.41. The van der Waals surface area contributed by atoms with Crippen LogP contribution in [-0.2, 0) is 19.1 Å². The number of carbonyl (C=O) groups excluding carboxylic acids is 1. The number of ether oxygens (including phenoxy) is 2. The molecule has 0 fully saturated rings. The van der Waals surface area contributed by atoms with Crippen LogP contribution in [0.2, 0.25) is 0 Å². The third-order valence-electron chi connectivity index (χ3n) is 6.94. The Hall–Kier alpha value is -2.66. The summed E-state index contributed by atoms with van der Waals surface area (Å²) in [6, 6.07) is 10.0. The maximum absolute atomic E-state index is 11.9. The van der Waals surface area contributed by atoms with E-state index in [2.05, 4.69) is 6.58 Å². The predicted molar refractivity (Wildman–Crippen MR) is 150 cm³/mol. The van der Waals surface area contributed by atoms with Crippen LogP contribution < -0.4 is 0 Å². The summed E-state index contributed by atoms with van der Waals surface area (Å²) < 4.78 is 10.9. The van der Waals surface area contributed by atoms with E-state index in [4.69, 9.17) is 9.47 Å². The molecule has 0 spiro atoms. The average molecular weight is 511 g/mol. The van der Waals surface area contributed by atoms with Crippen LogP contribution in [-0.4, -0.2) is 35.9 Å². The van der Waals surface area contributed by atoms with Crippen LogP contribution in [0.3, 0.4) is 0 Å². The number of rotatable bonds is 21. The molecule has 0 aromatic heterocycles. The molecule has 0 bridgehead atoms. The van der Waals surface area contributed by atoms with Crippen molar-refractivity contribution < 1.29 is 24.2 Å². The number of benzene rings is 1. The largest absolute Gasteiger partial charge is 0.479 e. The van der Waals surface area contributed by atoms with E-state index < -0.39 is 11.6 Å². The van der Waals surface area contributed by atoms with Crippen molar-refractivity contribution in [1.29, 1.82) is 0 Å². The number of unbranched alkanes of at least 4 members (excludes halogenated alkanes) is 13. The molecule has 37 heavy (non-hydrogen) atoms. The lowest BCUT2D eigenvalue weighted by Gasteiger charge is -2.28. The molecule has 0 aliphatic heterocycles. The molecule has 0 amide bonds. The average Bonchev–Trinajstić information content (AvgIpc) is 2.92. The number of aliphatic carboxylic acids is 1. The Bertz CT molecular complexity index is 857. The summed E-state index contributed by atoms with van der Waals surface area (Å²) in [5, 5.41) is 9.78. The van der Waals surface area contributed by atoms with Gasteiger partial charge in [0.05, 0.1) is 6.61 Å². The zero-order valence-electron chi connectivity index (χ0n) is 22.5. The third-order valence-corrected chi connectivity index (χ3v) is 6.94. The minimum Gasteiger partial charge on any atom is -0.479 e. The van der Waals surface area contributed by atoms with Crippen LogP contribution in [0.15, 0.2) is 61.2 Å². The summed E-state index contributed by atoms with van der Waals surface area (Å²) in [4.78, 5) is 22.9. The third kappa shape index (κ3) is 12.4. The van der Waals surface area contributed by atoms with Crippen LogP contribution in [0, 0.1) is 0 Å². The summed E-state index contributed by atoms with van der Waals surface area (Å²) in [6.45, 7) is 4.37. The maximum Gasteiger partial charge on any atom is 0.340 e. The highest BCUT2D eigenvalue weighted by Gasteiger charge is 2.37. The van der Waals surface area contributed by atoms with Crippen molar-refractivity contribution in [3.63, 3.8) is 0 Å². The van der Waals surface area contributed by atoms with Gasteiger partial charge in [-0.2, -0.15) is 0 Å². The van der Waals surface area contributed by atoms with Gasteiger partial charge in [-0.25, -0.2) is 9.59 Å². The zero-order chi connectivity index (χ0) is 26.6. The number of esters is 1. The first-order valence-corrected chi connectivity index (χ1v) is 14.2. The van der Waals surface area contributed by atoms with E-state index in [0.29, 0.717) is 19.6 Å². The van der Waals surface area contributed by atoms with Gasteiger partial charge >= 0.3 is 11.9 Å². The second-order valence-corrected chi connectivity index (χ2v) is 9.93. The van der Waals surface area contributed by atoms with Gasteiger partial charge in [-0.15, -0.1) is 0 Å². The molecule has 0 radical (unpaired) electrons. The fourth-order valence-electron chi connectivity index (χ4n) is 4.61. The first-order chi connectivity index (χ1) is 18.1. The van der Waals surface area contributed by atoms with Crippen molar-refractivity contribution in [2.45, 2.75) is 102 Å². The Morgan fingerprint density at radius 2 is 1.32 bits per heavy atom. The lowest BCUT2D eigenvalue weighted by atomic mass is 9.89. The standard InChI is InChI=1S/C32H46O5/c1-2-30(33)36-26-18-13-11-9-7-5-3-4-6-8-10-12-14-19-27-37-32(31(34)35)24-22-29(23-25-32)28-20-16-15-17-21-28/h2,15-17,20-24H,1,3-14,18-19,25-27H2,(H,34,35). The molecule has 204 valence electrons. The molecule has 0 saturated heterocycles. The normalized spacial score (nSPS) is 16.8. The van der Waals surface area contributed by atoms with Gasteiger partial charge < -0.3 is 14.6 Å². The van der Waals surface area contributed by atoms with E-state index in [9.17, 15) is 14.7 Å². The van der Waals surface area contributed by atoms with Crippen molar-refractivity contribution in [3.8, 4) is 0 Å². The van der Waals surface area contributed by atoms with Crippen molar-refractivity contribution in [2.75, 3.05) is 13.2 Å². The van der Waals surface area contributed by atoms with Gasteiger partial charge in [-0.1, -0.05) is 126 Å².